The molecule has 8 heteroatoms. The number of nitrogens with one attached hydrogen (secondary N) is 2. The number of halogens is 1. The van der Waals surface area contributed by atoms with Gasteiger partial charge in [0.05, 0.1) is 10.6 Å². The van der Waals surface area contributed by atoms with E-state index in [0.717, 1.165) is 31.4 Å². The molecular formula is C16H16ClN5O2. The van der Waals surface area contributed by atoms with Crippen LogP contribution in [0.25, 0.3) is 0 Å². The van der Waals surface area contributed by atoms with Crippen LogP contribution in [-0.2, 0) is 0 Å². The van der Waals surface area contributed by atoms with Crippen molar-refractivity contribution in [2.24, 2.45) is 0 Å². The average Bonchev–Trinajstić information content (AvgIpc) is 3.41. The normalized spacial score (nSPS) is 16.7. The highest BCUT2D eigenvalue weighted by Crippen LogP contribution is 2.40. The highest BCUT2D eigenvalue weighted by molar-refractivity contribution is 6.31. The van der Waals surface area contributed by atoms with Gasteiger partial charge in [-0.2, -0.15) is 4.98 Å². The van der Waals surface area contributed by atoms with Crippen LogP contribution in [0.3, 0.4) is 0 Å². The fourth-order valence-electron chi connectivity index (χ4n) is 2.50. The Kier molecular flexibility index (Phi) is 3.72. The number of hydrogen-bond acceptors (Lipinski definition) is 6. The molecule has 7 nitrogen and oxygen atoms in total. The number of rotatable bonds is 6. The minimum absolute atomic E-state index is 0.0392. The van der Waals surface area contributed by atoms with E-state index in [1.165, 1.54) is 18.2 Å². The number of anilines is 3. The van der Waals surface area contributed by atoms with Crippen molar-refractivity contribution >= 4 is 34.7 Å². The molecule has 1 aromatic carbocycles. The molecule has 0 bridgehead atoms. The Hall–Kier alpha value is -2.41. The molecule has 2 aromatic rings. The summed E-state index contributed by atoms with van der Waals surface area (Å²) in [7, 11) is 0. The van der Waals surface area contributed by atoms with E-state index in [1.54, 1.807) is 0 Å². The molecule has 0 amide bonds. The molecule has 0 unspecified atom stereocenters. The number of benzene rings is 1. The van der Waals surface area contributed by atoms with Gasteiger partial charge in [-0.3, -0.25) is 10.1 Å². The Morgan fingerprint density at radius 3 is 2.62 bits per heavy atom. The Morgan fingerprint density at radius 2 is 1.96 bits per heavy atom. The molecule has 2 aliphatic rings. The molecule has 1 heterocycles. The molecule has 2 aliphatic carbocycles. The summed E-state index contributed by atoms with van der Waals surface area (Å²) in [5, 5.41) is 18.0. The van der Waals surface area contributed by atoms with Gasteiger partial charge in [-0.1, -0.05) is 11.6 Å². The van der Waals surface area contributed by atoms with Crippen LogP contribution in [0.2, 0.25) is 5.02 Å². The molecule has 24 heavy (non-hydrogen) atoms. The maximum absolute atomic E-state index is 11.2. The van der Waals surface area contributed by atoms with Gasteiger partial charge in [0.25, 0.3) is 5.69 Å². The second kappa shape index (κ2) is 5.90. The number of nitro groups is 1. The quantitative estimate of drug-likeness (QED) is 0.601. The average molecular weight is 346 g/mol. The van der Waals surface area contributed by atoms with Crippen LogP contribution in [0, 0.1) is 10.1 Å². The third-order valence-corrected chi connectivity index (χ3v) is 4.31. The topological polar surface area (TPSA) is 93.0 Å². The van der Waals surface area contributed by atoms with Gasteiger partial charge < -0.3 is 10.6 Å². The monoisotopic (exact) mass is 345 g/mol. The van der Waals surface area contributed by atoms with Crippen LogP contribution in [0.5, 0.6) is 0 Å². The minimum Gasteiger partial charge on any atom is -0.351 e. The molecule has 2 saturated carbocycles. The number of aromatic nitrogens is 2. The lowest BCUT2D eigenvalue weighted by Gasteiger charge is -2.11. The van der Waals surface area contributed by atoms with Crippen molar-refractivity contribution in [2.45, 2.75) is 37.6 Å². The van der Waals surface area contributed by atoms with Crippen LogP contribution in [-0.4, -0.2) is 20.9 Å². The lowest BCUT2D eigenvalue weighted by molar-refractivity contribution is -0.383. The SMILES string of the molecule is O=[N+]([O-])c1ccc(Cl)cc1Nc1cc(C2CC2)nc(NC2CC2)n1. The maximum Gasteiger partial charge on any atom is 0.292 e. The Bertz CT molecular complexity index is 805. The maximum atomic E-state index is 11.2. The molecule has 2 N–H and O–H groups in total. The summed E-state index contributed by atoms with van der Waals surface area (Å²) in [5.74, 6) is 1.58. The van der Waals surface area contributed by atoms with Crippen molar-refractivity contribution in [3.8, 4) is 0 Å². The van der Waals surface area contributed by atoms with Gasteiger partial charge in [-0.15, -0.1) is 0 Å². The van der Waals surface area contributed by atoms with Gasteiger partial charge in [0.2, 0.25) is 5.95 Å². The summed E-state index contributed by atoms with van der Waals surface area (Å²) < 4.78 is 0. The molecule has 0 atom stereocenters. The Morgan fingerprint density at radius 1 is 1.17 bits per heavy atom. The third kappa shape index (κ3) is 3.41. The molecule has 1 aromatic heterocycles. The van der Waals surface area contributed by atoms with Crippen LogP contribution < -0.4 is 10.6 Å². The smallest absolute Gasteiger partial charge is 0.292 e. The van der Waals surface area contributed by atoms with Crippen molar-refractivity contribution in [1.82, 2.24) is 9.97 Å². The van der Waals surface area contributed by atoms with E-state index >= 15 is 0 Å². The lowest BCUT2D eigenvalue weighted by Crippen LogP contribution is -2.09. The Balaban J connectivity index is 1.67. The summed E-state index contributed by atoms with van der Waals surface area (Å²) in [5.41, 5.74) is 1.26. The summed E-state index contributed by atoms with van der Waals surface area (Å²) in [6.45, 7) is 0. The third-order valence-electron chi connectivity index (χ3n) is 4.07. The molecule has 0 saturated heterocycles. The molecule has 0 aliphatic heterocycles. The van der Waals surface area contributed by atoms with Crippen molar-refractivity contribution < 1.29 is 4.92 Å². The highest BCUT2D eigenvalue weighted by atomic mass is 35.5. The summed E-state index contributed by atoms with van der Waals surface area (Å²) in [6, 6.07) is 6.72. The predicted molar refractivity (Wildman–Crippen MR) is 92.0 cm³/mol. The number of nitrogens with zero attached hydrogens (tertiary/aromatic N) is 3. The van der Waals surface area contributed by atoms with Gasteiger partial charge in [0.1, 0.15) is 11.5 Å². The molecule has 4 rings (SSSR count). The molecule has 2 fully saturated rings. The zero-order valence-electron chi connectivity index (χ0n) is 12.8. The molecule has 0 spiro atoms. The largest absolute Gasteiger partial charge is 0.351 e. The van der Waals surface area contributed by atoms with Crippen molar-refractivity contribution in [1.29, 1.82) is 0 Å². The number of hydrogen-bond donors (Lipinski definition) is 2. The van der Waals surface area contributed by atoms with Crippen LogP contribution in [0.1, 0.15) is 37.3 Å². The molecular weight excluding hydrogens is 330 g/mol. The first kappa shape index (κ1) is 15.1. The van der Waals surface area contributed by atoms with Crippen LogP contribution >= 0.6 is 11.6 Å². The second-order valence-corrected chi connectivity index (χ2v) is 6.67. The van der Waals surface area contributed by atoms with Crippen molar-refractivity contribution in [2.75, 3.05) is 10.6 Å². The molecule has 0 radical (unpaired) electrons. The summed E-state index contributed by atoms with van der Waals surface area (Å²) in [6.07, 6.45) is 4.49. The van der Waals surface area contributed by atoms with Gasteiger partial charge in [0, 0.05) is 29.1 Å². The van der Waals surface area contributed by atoms with E-state index in [0.29, 0.717) is 34.4 Å². The minimum atomic E-state index is -0.439. The summed E-state index contributed by atoms with van der Waals surface area (Å²) >= 11 is 5.98. The van der Waals surface area contributed by atoms with E-state index in [-0.39, 0.29) is 5.69 Å². The first-order valence-electron chi connectivity index (χ1n) is 7.95. The zero-order chi connectivity index (χ0) is 16.7. The Labute approximate surface area is 143 Å². The van der Waals surface area contributed by atoms with Crippen molar-refractivity contribution in [3.05, 3.63) is 45.1 Å². The fourth-order valence-corrected chi connectivity index (χ4v) is 2.67. The standard InChI is InChI=1S/C16H16ClN5O2/c17-10-3-6-14(22(23)24)13(7-10)19-15-8-12(9-1-2-9)20-16(21-15)18-11-4-5-11/h3,6-9,11H,1-2,4-5H2,(H2,18,19,20,21). The van der Waals surface area contributed by atoms with Gasteiger partial charge in [0.15, 0.2) is 0 Å². The van der Waals surface area contributed by atoms with E-state index in [4.69, 9.17) is 11.6 Å². The van der Waals surface area contributed by atoms with Crippen LogP contribution in [0.4, 0.5) is 23.1 Å². The van der Waals surface area contributed by atoms with Gasteiger partial charge >= 0.3 is 0 Å². The second-order valence-electron chi connectivity index (χ2n) is 6.24. The van der Waals surface area contributed by atoms with Crippen molar-refractivity contribution in [3.63, 3.8) is 0 Å². The molecule has 124 valence electrons. The fraction of sp³-hybridized carbons (Fsp3) is 0.375. The van der Waals surface area contributed by atoms with E-state index in [9.17, 15) is 10.1 Å². The van der Waals surface area contributed by atoms with Gasteiger partial charge in [-0.05, 0) is 37.8 Å². The highest BCUT2D eigenvalue weighted by Gasteiger charge is 2.28. The number of nitro benzene ring substituents is 1. The summed E-state index contributed by atoms with van der Waals surface area (Å²) in [4.78, 5) is 19.8. The van der Waals surface area contributed by atoms with E-state index < -0.39 is 4.92 Å². The first-order valence-corrected chi connectivity index (χ1v) is 8.33. The van der Waals surface area contributed by atoms with E-state index in [1.807, 2.05) is 6.07 Å². The predicted octanol–water partition coefficient (Wildman–Crippen LogP) is 4.23. The van der Waals surface area contributed by atoms with Gasteiger partial charge in [-0.25, -0.2) is 4.98 Å². The lowest BCUT2D eigenvalue weighted by atomic mass is 10.2. The van der Waals surface area contributed by atoms with Crippen LogP contribution in [0.15, 0.2) is 24.3 Å². The van der Waals surface area contributed by atoms with E-state index in [2.05, 4.69) is 20.6 Å². The first-order chi connectivity index (χ1) is 11.6. The zero-order valence-corrected chi connectivity index (χ0v) is 13.6.